The summed E-state index contributed by atoms with van der Waals surface area (Å²) < 4.78 is 0. The molecule has 4 heterocycles. The van der Waals surface area contributed by atoms with Crippen LogP contribution in [0.2, 0.25) is 0 Å². The molecule has 2 aliphatic heterocycles. The summed E-state index contributed by atoms with van der Waals surface area (Å²) in [5.41, 5.74) is 6.36. The van der Waals surface area contributed by atoms with Crippen LogP contribution in [0.4, 0.5) is 16.4 Å². The predicted octanol–water partition coefficient (Wildman–Crippen LogP) is 0.476. The molecule has 2 aliphatic rings. The molecule has 0 aliphatic carbocycles. The van der Waals surface area contributed by atoms with Gasteiger partial charge in [-0.05, 0) is 43.5 Å². The zero-order valence-electron chi connectivity index (χ0n) is 24.9. The average Bonchev–Trinajstić information content (AvgIpc) is 3.59. The van der Waals surface area contributed by atoms with Gasteiger partial charge in [-0.25, -0.2) is 19.6 Å². The molecule has 248 valence electrons. The molecular formula is C29H33N9O8S. The minimum absolute atomic E-state index is 0.0312. The Morgan fingerprint density at radius 3 is 2.53 bits per heavy atom. The Labute approximate surface area is 270 Å². The van der Waals surface area contributed by atoms with E-state index in [9.17, 15) is 39.0 Å². The lowest BCUT2D eigenvalue weighted by Gasteiger charge is -2.18. The summed E-state index contributed by atoms with van der Waals surface area (Å²) in [5, 5.41) is 30.7. The molecule has 1 aromatic carbocycles. The molecule has 47 heavy (non-hydrogen) atoms. The minimum atomic E-state index is -1.41. The number of aromatic nitrogens is 4. The second-order valence-electron chi connectivity index (χ2n) is 11.2. The van der Waals surface area contributed by atoms with Crippen LogP contribution in [0, 0.1) is 5.92 Å². The zero-order valence-corrected chi connectivity index (χ0v) is 25.7. The van der Waals surface area contributed by atoms with Gasteiger partial charge >= 0.3 is 18.0 Å². The average molecular weight is 668 g/mol. The lowest BCUT2D eigenvalue weighted by molar-refractivity contribution is -0.146. The fourth-order valence-corrected chi connectivity index (χ4v) is 7.08. The highest BCUT2D eigenvalue weighted by atomic mass is 32.2. The van der Waals surface area contributed by atoms with Crippen LogP contribution in [0.5, 0.6) is 0 Å². The number of ketones is 1. The number of carboxylic acid groups (broad SMARTS) is 2. The number of carbonyl (C=O) groups excluding carboxylic acids is 3. The van der Waals surface area contributed by atoms with Crippen LogP contribution in [0.3, 0.4) is 0 Å². The molecule has 3 amide bonds. The number of Topliss-reactive ketones (excluding diaryl/α,β-unsaturated/α-hetero) is 1. The molecule has 0 spiro atoms. The number of benzene rings is 1. The molecule has 5 atom stereocenters. The quantitative estimate of drug-likeness (QED) is 0.0809. The normalized spacial score (nSPS) is 19.7. The summed E-state index contributed by atoms with van der Waals surface area (Å²) in [6, 6.07) is 4.52. The fourth-order valence-electron chi connectivity index (χ4n) is 5.54. The zero-order chi connectivity index (χ0) is 33.7. The van der Waals surface area contributed by atoms with Crippen LogP contribution in [-0.2, 0) is 20.9 Å². The van der Waals surface area contributed by atoms with E-state index in [0.717, 1.165) is 5.75 Å². The van der Waals surface area contributed by atoms with Crippen molar-refractivity contribution in [1.82, 2.24) is 35.9 Å². The van der Waals surface area contributed by atoms with Gasteiger partial charge in [0.05, 0.1) is 30.5 Å². The van der Waals surface area contributed by atoms with Gasteiger partial charge in [0.1, 0.15) is 17.7 Å². The first-order valence-corrected chi connectivity index (χ1v) is 15.9. The first kappa shape index (κ1) is 33.1. The second-order valence-corrected chi connectivity index (χ2v) is 12.5. The maximum Gasteiger partial charge on any atom is 0.326 e. The van der Waals surface area contributed by atoms with Crippen LogP contribution in [0.1, 0.15) is 48.2 Å². The summed E-state index contributed by atoms with van der Waals surface area (Å²) >= 11 is 1.69. The lowest BCUT2D eigenvalue weighted by Crippen LogP contribution is -2.41. The van der Waals surface area contributed by atoms with Crippen molar-refractivity contribution in [2.45, 2.75) is 62.0 Å². The Morgan fingerprint density at radius 1 is 1.04 bits per heavy atom. The number of anilines is 2. The molecule has 3 aromatic rings. The number of nitrogens with zero attached hydrogens (tertiary/aromatic N) is 3. The maximum atomic E-state index is 12.8. The fraction of sp³-hybridized carbons (Fsp3) is 0.414. The number of hydrogen-bond donors (Lipinski definition) is 8. The third-order valence-electron chi connectivity index (χ3n) is 8.00. The van der Waals surface area contributed by atoms with Gasteiger partial charge in [0.15, 0.2) is 11.2 Å². The number of nitrogens with one attached hydrogen (secondary N) is 5. The number of fused-ring (bicyclic) bond motifs is 2. The number of rotatable bonds is 15. The number of carboxylic acids is 2. The number of carbonyl (C=O) groups is 5. The van der Waals surface area contributed by atoms with E-state index in [1.165, 1.54) is 18.3 Å². The van der Waals surface area contributed by atoms with Crippen LogP contribution < -0.4 is 32.6 Å². The summed E-state index contributed by atoms with van der Waals surface area (Å²) in [5.74, 6) is -4.53. The molecule has 0 bridgehead atoms. The minimum Gasteiger partial charge on any atom is -0.481 e. The highest BCUT2D eigenvalue weighted by Gasteiger charge is 2.42. The van der Waals surface area contributed by atoms with Crippen molar-refractivity contribution in [3.05, 3.63) is 52.1 Å². The van der Waals surface area contributed by atoms with Gasteiger partial charge in [-0.15, -0.1) is 0 Å². The molecule has 9 N–H and O–H groups in total. The predicted molar refractivity (Wildman–Crippen MR) is 170 cm³/mol. The van der Waals surface area contributed by atoms with Crippen LogP contribution in [0.15, 0.2) is 35.3 Å². The van der Waals surface area contributed by atoms with E-state index in [2.05, 4.69) is 41.2 Å². The van der Waals surface area contributed by atoms with Crippen LogP contribution in [0.25, 0.3) is 11.2 Å². The van der Waals surface area contributed by atoms with Crippen molar-refractivity contribution in [3.8, 4) is 0 Å². The monoisotopic (exact) mass is 667 g/mol. The van der Waals surface area contributed by atoms with Crippen molar-refractivity contribution < 1.29 is 34.2 Å². The molecule has 1 unspecified atom stereocenters. The Kier molecular flexibility index (Phi) is 10.2. The molecule has 17 nitrogen and oxygen atoms in total. The number of nitrogens with two attached hydrogens (primary N) is 1. The SMILES string of the molecule is Nc1nc2ncc(CNc3ccc(C(=O)N[C@@H](CCC(=O)C(CCC[C@@H]4SC[C@@H]5NC(=O)N[C@@H]54)C(=O)O)C(=O)O)cc3)nc2c(=O)[nH]1. The molecular weight excluding hydrogens is 634 g/mol. The van der Waals surface area contributed by atoms with E-state index in [1.807, 2.05) is 0 Å². The topological polar surface area (TPSA) is 271 Å². The summed E-state index contributed by atoms with van der Waals surface area (Å²) in [6.07, 6.45) is 1.99. The van der Waals surface area contributed by atoms with Crippen LogP contribution >= 0.6 is 11.8 Å². The van der Waals surface area contributed by atoms with Gasteiger partial charge in [-0.2, -0.15) is 16.7 Å². The molecule has 0 radical (unpaired) electrons. The van der Waals surface area contributed by atoms with E-state index in [4.69, 9.17) is 5.73 Å². The Morgan fingerprint density at radius 2 is 1.81 bits per heavy atom. The van der Waals surface area contributed by atoms with Crippen molar-refractivity contribution in [1.29, 1.82) is 0 Å². The van der Waals surface area contributed by atoms with E-state index < -0.39 is 41.1 Å². The highest BCUT2D eigenvalue weighted by molar-refractivity contribution is 8.00. The first-order chi connectivity index (χ1) is 22.5. The van der Waals surface area contributed by atoms with Gasteiger partial charge in [0.2, 0.25) is 5.95 Å². The van der Waals surface area contributed by atoms with E-state index >= 15 is 0 Å². The molecule has 0 saturated carbocycles. The largest absolute Gasteiger partial charge is 0.481 e. The molecule has 2 aromatic heterocycles. The maximum absolute atomic E-state index is 12.8. The third-order valence-corrected chi connectivity index (χ3v) is 9.50. The lowest BCUT2D eigenvalue weighted by atomic mass is 9.92. The first-order valence-electron chi connectivity index (χ1n) is 14.8. The van der Waals surface area contributed by atoms with E-state index in [0.29, 0.717) is 24.2 Å². The van der Waals surface area contributed by atoms with Gasteiger partial charge in [0.25, 0.3) is 11.5 Å². The Balaban J connectivity index is 1.09. The number of aromatic amines is 1. The molecule has 2 saturated heterocycles. The number of amides is 3. The van der Waals surface area contributed by atoms with E-state index in [-0.39, 0.29) is 71.8 Å². The molecule has 5 rings (SSSR count). The van der Waals surface area contributed by atoms with Crippen molar-refractivity contribution >= 4 is 64.2 Å². The highest BCUT2D eigenvalue weighted by Crippen LogP contribution is 2.33. The third kappa shape index (κ3) is 8.13. The standard InChI is InChI=1S/C29H33N9O8S/c30-28-37-23-22(25(41)38-28)33-15(11-32-23)10-31-14-6-4-13(5-7-14)24(40)34-17(27(44)45)8-9-19(39)16(26(42)43)2-1-3-20-21-18(12-47-20)35-29(46)36-21/h4-7,11,16-18,20-21,31H,1-3,8-10,12H2,(H,34,40)(H,42,43)(H,44,45)(H2,35,36,46)(H3,30,32,37,38,41)/t16?,17-,18-,20-,21-/m0/s1. The molecule has 2 fully saturated rings. The second kappa shape index (κ2) is 14.4. The Hall–Kier alpha value is -5.26. The number of H-pyrrole nitrogens is 1. The van der Waals surface area contributed by atoms with Crippen LogP contribution in [-0.4, -0.2) is 88.9 Å². The number of nitrogen functional groups attached to an aromatic ring is 1. The van der Waals surface area contributed by atoms with E-state index in [1.54, 1.807) is 23.9 Å². The smallest absolute Gasteiger partial charge is 0.326 e. The van der Waals surface area contributed by atoms with Crippen molar-refractivity contribution in [3.63, 3.8) is 0 Å². The summed E-state index contributed by atoms with van der Waals surface area (Å²) in [6.45, 7) is 0.195. The number of aliphatic carboxylic acids is 2. The summed E-state index contributed by atoms with van der Waals surface area (Å²) in [4.78, 5) is 87.6. The van der Waals surface area contributed by atoms with Gasteiger partial charge in [-0.3, -0.25) is 24.2 Å². The number of urea groups is 1. The van der Waals surface area contributed by atoms with Crippen molar-refractivity contribution in [2.24, 2.45) is 5.92 Å². The number of thioether (sulfide) groups is 1. The Bertz CT molecular complexity index is 1750. The summed E-state index contributed by atoms with van der Waals surface area (Å²) in [7, 11) is 0. The molecule has 18 heteroatoms. The van der Waals surface area contributed by atoms with Crippen molar-refractivity contribution in [2.75, 3.05) is 16.8 Å². The number of hydrogen-bond acceptors (Lipinski definition) is 12. The van der Waals surface area contributed by atoms with Gasteiger partial charge in [-0.1, -0.05) is 6.42 Å². The van der Waals surface area contributed by atoms with Gasteiger partial charge in [0, 0.05) is 28.7 Å². The van der Waals surface area contributed by atoms with Gasteiger partial charge < -0.3 is 37.2 Å².